The molecule has 0 saturated carbocycles. The summed E-state index contributed by atoms with van der Waals surface area (Å²) in [6.45, 7) is -0.777. The summed E-state index contributed by atoms with van der Waals surface area (Å²) in [6.07, 6.45) is -12.5. The van der Waals surface area contributed by atoms with Crippen LogP contribution in [0.25, 0.3) is 0 Å². The lowest BCUT2D eigenvalue weighted by Crippen LogP contribution is -2.76. The first-order valence-electron chi connectivity index (χ1n) is 8.12. The van der Waals surface area contributed by atoms with Gasteiger partial charge in [0.05, 0.1) is 6.61 Å². The summed E-state index contributed by atoms with van der Waals surface area (Å²) in [5, 5.41) is 0. The molecule has 0 saturated heterocycles. The van der Waals surface area contributed by atoms with Crippen LogP contribution in [0.1, 0.15) is 6.92 Å². The highest BCUT2D eigenvalue weighted by atomic mass is 19.4. The first kappa shape index (κ1) is 34.7. The Labute approximate surface area is 188 Å². The number of carbonyl (C=O) groups is 1. The SMILES string of the molecule is CCOC(=O)C(=C(F)F)C(F)(F)C(F)(F)C(F)(F)C(F)(F)C(F)(F)C(F)(F)C(F)(F)C(F)(F)C(F)(F)F. The van der Waals surface area contributed by atoms with Gasteiger partial charge in [0, 0.05) is 0 Å². The van der Waals surface area contributed by atoms with Crippen molar-refractivity contribution < 1.29 is 102 Å². The highest BCUT2D eigenvalue weighted by Gasteiger charge is 2.97. The minimum atomic E-state index is -9.21. The number of hydrogen-bond acceptors (Lipinski definition) is 2. The van der Waals surface area contributed by atoms with Gasteiger partial charge in [0.15, 0.2) is 5.57 Å². The Hall–Kier alpha value is -2.26. The number of alkyl halides is 19. The molecule has 0 atom stereocenters. The van der Waals surface area contributed by atoms with Crippen molar-refractivity contribution in [2.45, 2.75) is 60.5 Å². The minimum Gasteiger partial charge on any atom is -0.462 e. The maximum Gasteiger partial charge on any atom is 0.460 e. The summed E-state index contributed by atoms with van der Waals surface area (Å²) in [5.74, 6) is -73.7. The Bertz CT molecular complexity index is 891. The molecule has 0 spiro atoms. The molecular formula is C14H5F21O2. The van der Waals surface area contributed by atoms with Gasteiger partial charge in [-0.1, -0.05) is 0 Å². The number of hydrogen-bond donors (Lipinski definition) is 0. The van der Waals surface area contributed by atoms with Crippen LogP contribution in [0.5, 0.6) is 0 Å². The van der Waals surface area contributed by atoms with Crippen LogP contribution in [-0.4, -0.2) is 66.1 Å². The number of halogens is 21. The van der Waals surface area contributed by atoms with E-state index in [9.17, 15) is 97.0 Å². The van der Waals surface area contributed by atoms with Gasteiger partial charge in [-0.05, 0) is 6.92 Å². The second-order valence-corrected chi connectivity index (χ2v) is 6.45. The average molecular weight is 604 g/mol. The molecular weight excluding hydrogens is 599 g/mol. The Morgan fingerprint density at radius 1 is 0.514 bits per heavy atom. The van der Waals surface area contributed by atoms with Crippen LogP contribution >= 0.6 is 0 Å². The molecule has 0 aliphatic rings. The van der Waals surface area contributed by atoms with Crippen molar-refractivity contribution in [3.05, 3.63) is 11.7 Å². The van der Waals surface area contributed by atoms with Gasteiger partial charge >= 0.3 is 59.5 Å². The van der Waals surface area contributed by atoms with Crippen molar-refractivity contribution in [3.8, 4) is 0 Å². The third-order valence-corrected chi connectivity index (χ3v) is 4.10. The van der Waals surface area contributed by atoms with E-state index in [1.54, 1.807) is 0 Å². The van der Waals surface area contributed by atoms with Gasteiger partial charge in [-0.2, -0.15) is 92.2 Å². The van der Waals surface area contributed by atoms with E-state index in [0.717, 1.165) is 0 Å². The Kier molecular flexibility index (Phi) is 8.63. The van der Waals surface area contributed by atoms with Crippen molar-refractivity contribution in [1.82, 2.24) is 0 Å². The zero-order valence-electron chi connectivity index (χ0n) is 16.5. The van der Waals surface area contributed by atoms with E-state index in [4.69, 9.17) is 0 Å². The highest BCUT2D eigenvalue weighted by molar-refractivity contribution is 5.91. The van der Waals surface area contributed by atoms with Crippen molar-refractivity contribution in [1.29, 1.82) is 0 Å². The molecule has 0 unspecified atom stereocenters. The predicted octanol–water partition coefficient (Wildman–Crippen LogP) is 7.34. The highest BCUT2D eigenvalue weighted by Crippen LogP contribution is 2.65. The van der Waals surface area contributed by atoms with Crippen LogP contribution in [-0.2, 0) is 9.53 Å². The van der Waals surface area contributed by atoms with Crippen LogP contribution in [0.3, 0.4) is 0 Å². The fraction of sp³-hybridized carbons (Fsp3) is 0.786. The normalized spacial score (nSPS) is 15.5. The lowest BCUT2D eigenvalue weighted by atomic mass is 9.86. The van der Waals surface area contributed by atoms with E-state index in [-0.39, 0.29) is 0 Å². The molecule has 0 fully saturated rings. The molecule has 0 amide bonds. The molecule has 220 valence electrons. The van der Waals surface area contributed by atoms with Gasteiger partial charge in [-0.15, -0.1) is 0 Å². The zero-order chi connectivity index (χ0) is 30.6. The first-order valence-corrected chi connectivity index (χ1v) is 8.12. The van der Waals surface area contributed by atoms with Crippen LogP contribution < -0.4 is 0 Å². The third kappa shape index (κ3) is 4.52. The van der Waals surface area contributed by atoms with Crippen molar-refractivity contribution in [3.63, 3.8) is 0 Å². The fourth-order valence-electron chi connectivity index (χ4n) is 2.05. The van der Waals surface area contributed by atoms with Gasteiger partial charge in [0.2, 0.25) is 0 Å². The lowest BCUT2D eigenvalue weighted by molar-refractivity contribution is -0.467. The maximum atomic E-state index is 13.7. The van der Waals surface area contributed by atoms with Crippen molar-refractivity contribution in [2.24, 2.45) is 0 Å². The van der Waals surface area contributed by atoms with Gasteiger partial charge in [0.1, 0.15) is 0 Å². The number of ether oxygens (including phenoxy) is 1. The summed E-state index contributed by atoms with van der Waals surface area (Å²) in [4.78, 5) is 11.0. The van der Waals surface area contributed by atoms with Crippen LogP contribution in [0, 0.1) is 0 Å². The van der Waals surface area contributed by atoms with Gasteiger partial charge in [-0.25, -0.2) is 4.79 Å². The second-order valence-electron chi connectivity index (χ2n) is 6.45. The standard InChI is InChI=1S/C14H5F21O2/c1-2-37-5(36)3(4(15)16)6(17,18)7(19,20)8(21,22)9(23,24)10(25,26)11(27,28)12(29,30)13(31,32)14(33,34)35/h2H2,1H3. The van der Waals surface area contributed by atoms with E-state index in [0.29, 0.717) is 6.92 Å². The quantitative estimate of drug-likeness (QED) is 0.148. The molecule has 0 rings (SSSR count). The molecule has 23 heteroatoms. The summed E-state index contributed by atoms with van der Waals surface area (Å²) in [5.41, 5.74) is -4.26. The van der Waals surface area contributed by atoms with Crippen LogP contribution in [0.4, 0.5) is 92.2 Å². The van der Waals surface area contributed by atoms with Crippen molar-refractivity contribution >= 4 is 5.97 Å². The van der Waals surface area contributed by atoms with Crippen LogP contribution in [0.2, 0.25) is 0 Å². The largest absolute Gasteiger partial charge is 0.462 e. The molecule has 0 aromatic heterocycles. The molecule has 0 bridgehead atoms. The van der Waals surface area contributed by atoms with E-state index in [1.165, 1.54) is 0 Å². The fourth-order valence-corrected chi connectivity index (χ4v) is 2.05. The minimum absolute atomic E-state index is 0.546. The molecule has 0 aliphatic carbocycles. The Morgan fingerprint density at radius 3 is 1.03 bits per heavy atom. The molecule has 0 N–H and O–H groups in total. The third-order valence-electron chi connectivity index (χ3n) is 4.10. The molecule has 0 radical (unpaired) electrons. The summed E-state index contributed by atoms with van der Waals surface area (Å²) in [7, 11) is 0. The topological polar surface area (TPSA) is 26.3 Å². The molecule has 2 nitrogen and oxygen atoms in total. The van der Waals surface area contributed by atoms with Crippen LogP contribution in [0.15, 0.2) is 11.7 Å². The summed E-state index contributed by atoms with van der Waals surface area (Å²) in [6, 6.07) is 0. The number of carbonyl (C=O) groups excluding carboxylic acids is 1. The van der Waals surface area contributed by atoms with E-state index < -0.39 is 77.8 Å². The number of esters is 1. The zero-order valence-corrected chi connectivity index (χ0v) is 16.5. The molecule has 0 aromatic rings. The Morgan fingerprint density at radius 2 is 0.784 bits per heavy atom. The molecule has 0 aliphatic heterocycles. The molecule has 0 heterocycles. The summed E-state index contributed by atoms with van der Waals surface area (Å²) < 4.78 is 278. The second kappa shape index (κ2) is 9.19. The smallest absolute Gasteiger partial charge is 0.460 e. The lowest BCUT2D eigenvalue weighted by Gasteiger charge is -2.43. The van der Waals surface area contributed by atoms with Gasteiger partial charge in [0.25, 0.3) is 6.08 Å². The monoisotopic (exact) mass is 604 g/mol. The van der Waals surface area contributed by atoms with E-state index in [1.807, 2.05) is 0 Å². The summed E-state index contributed by atoms with van der Waals surface area (Å²) >= 11 is 0. The predicted molar refractivity (Wildman–Crippen MR) is 71.5 cm³/mol. The molecule has 0 aromatic carbocycles. The van der Waals surface area contributed by atoms with Gasteiger partial charge < -0.3 is 4.74 Å². The van der Waals surface area contributed by atoms with Gasteiger partial charge in [-0.3, -0.25) is 0 Å². The van der Waals surface area contributed by atoms with E-state index >= 15 is 0 Å². The van der Waals surface area contributed by atoms with E-state index in [2.05, 4.69) is 4.74 Å². The maximum absolute atomic E-state index is 13.7. The number of rotatable bonds is 10. The van der Waals surface area contributed by atoms with Crippen molar-refractivity contribution in [2.75, 3.05) is 6.61 Å². The Balaban J connectivity index is 7.21. The average Bonchev–Trinajstić information content (AvgIpc) is 2.65. The first-order chi connectivity index (χ1) is 15.8. The molecule has 37 heavy (non-hydrogen) atoms.